The van der Waals surface area contributed by atoms with Crippen LogP contribution in [0.5, 0.6) is 5.75 Å². The number of aryl methyl sites for hydroxylation is 1. The number of esters is 1. The van der Waals surface area contributed by atoms with E-state index in [1.165, 1.54) is 12.1 Å². The zero-order valence-electron chi connectivity index (χ0n) is 17.8. The van der Waals surface area contributed by atoms with Crippen molar-refractivity contribution in [3.05, 3.63) is 93.8 Å². The zero-order chi connectivity index (χ0) is 23.1. The molecule has 0 saturated carbocycles. The van der Waals surface area contributed by atoms with Gasteiger partial charge >= 0.3 is 5.97 Å². The molecule has 7 heteroatoms. The molecule has 3 aromatic carbocycles. The van der Waals surface area contributed by atoms with Crippen LogP contribution >= 0.6 is 11.6 Å². The van der Waals surface area contributed by atoms with Gasteiger partial charge in [0.2, 0.25) is 0 Å². The minimum atomic E-state index is -0.396. The van der Waals surface area contributed by atoms with E-state index < -0.39 is 5.91 Å². The highest BCUT2D eigenvalue weighted by atomic mass is 35.5. The molecule has 3 aromatic rings. The number of carbonyl (C=O) groups excluding carboxylic acids is 2. The lowest BCUT2D eigenvalue weighted by atomic mass is 10.1. The molecule has 0 spiro atoms. The molecule has 0 unspecified atom stereocenters. The van der Waals surface area contributed by atoms with Crippen LogP contribution in [0.1, 0.15) is 34.0 Å². The molecule has 0 bridgehead atoms. The van der Waals surface area contributed by atoms with Crippen LogP contribution in [0.25, 0.3) is 0 Å². The number of benzene rings is 3. The van der Waals surface area contributed by atoms with Gasteiger partial charge in [-0.15, -0.1) is 0 Å². The predicted octanol–water partition coefficient (Wildman–Crippen LogP) is 5.72. The SMILES string of the molecule is CCOC(=O)Cc1ccc(NC(=O)c2cc(OCc3cccc(F)c3)ccc2Cl)c(C)c1. The molecule has 0 aliphatic carbocycles. The maximum atomic E-state index is 13.3. The smallest absolute Gasteiger partial charge is 0.310 e. The Labute approximate surface area is 191 Å². The van der Waals surface area contributed by atoms with E-state index in [1.54, 1.807) is 49.4 Å². The Kier molecular flexibility index (Phi) is 7.84. The topological polar surface area (TPSA) is 64.6 Å². The summed E-state index contributed by atoms with van der Waals surface area (Å²) >= 11 is 6.23. The number of carbonyl (C=O) groups is 2. The van der Waals surface area contributed by atoms with Gasteiger partial charge in [-0.25, -0.2) is 4.39 Å². The van der Waals surface area contributed by atoms with Crippen molar-refractivity contribution in [3.63, 3.8) is 0 Å². The molecule has 0 heterocycles. The lowest BCUT2D eigenvalue weighted by Gasteiger charge is -2.13. The maximum Gasteiger partial charge on any atom is 0.310 e. The van der Waals surface area contributed by atoms with E-state index >= 15 is 0 Å². The second-order valence-electron chi connectivity index (χ2n) is 7.15. The standard InChI is InChI=1S/C25H23ClFNO4/c1-3-31-24(29)13-17-7-10-23(16(2)11-17)28-25(30)21-14-20(8-9-22(21)26)32-15-18-5-4-6-19(27)12-18/h4-12,14H,3,13,15H2,1-2H3,(H,28,30). The number of halogens is 2. The zero-order valence-corrected chi connectivity index (χ0v) is 18.5. The number of nitrogens with one attached hydrogen (secondary N) is 1. The Bertz CT molecular complexity index is 1130. The molecule has 0 radical (unpaired) electrons. The lowest BCUT2D eigenvalue weighted by Crippen LogP contribution is -2.14. The largest absolute Gasteiger partial charge is 0.489 e. The van der Waals surface area contributed by atoms with Crippen LogP contribution in [-0.4, -0.2) is 18.5 Å². The Morgan fingerprint density at radius 3 is 2.56 bits per heavy atom. The minimum Gasteiger partial charge on any atom is -0.489 e. The molecule has 0 saturated heterocycles. The molecule has 5 nitrogen and oxygen atoms in total. The molecule has 0 aliphatic rings. The molecule has 166 valence electrons. The van der Waals surface area contributed by atoms with Gasteiger partial charge in [0.25, 0.3) is 5.91 Å². The number of hydrogen-bond donors (Lipinski definition) is 1. The Morgan fingerprint density at radius 1 is 1.03 bits per heavy atom. The molecule has 1 amide bonds. The summed E-state index contributed by atoms with van der Waals surface area (Å²) in [4.78, 5) is 24.5. The molecular formula is C25H23ClFNO4. The Hall–Kier alpha value is -3.38. The number of hydrogen-bond acceptors (Lipinski definition) is 4. The average molecular weight is 456 g/mol. The van der Waals surface area contributed by atoms with Gasteiger partial charge in [-0.2, -0.15) is 0 Å². The van der Waals surface area contributed by atoms with Crippen molar-refractivity contribution in [2.24, 2.45) is 0 Å². The van der Waals surface area contributed by atoms with E-state index in [9.17, 15) is 14.0 Å². The third kappa shape index (κ3) is 6.31. The second-order valence-corrected chi connectivity index (χ2v) is 7.55. The molecule has 0 fully saturated rings. The molecular weight excluding hydrogens is 433 g/mol. The monoisotopic (exact) mass is 455 g/mol. The summed E-state index contributed by atoms with van der Waals surface area (Å²) in [5.41, 5.74) is 3.12. The summed E-state index contributed by atoms with van der Waals surface area (Å²) in [5, 5.41) is 3.11. The van der Waals surface area contributed by atoms with Crippen LogP contribution < -0.4 is 10.1 Å². The van der Waals surface area contributed by atoms with Crippen molar-refractivity contribution in [3.8, 4) is 5.75 Å². The summed E-state index contributed by atoms with van der Waals surface area (Å²) in [6.07, 6.45) is 0.166. The first-order chi connectivity index (χ1) is 15.4. The molecule has 0 aromatic heterocycles. The average Bonchev–Trinajstić information content (AvgIpc) is 2.75. The number of rotatable bonds is 8. The summed E-state index contributed by atoms with van der Waals surface area (Å²) < 4.78 is 24.0. The van der Waals surface area contributed by atoms with Gasteiger partial charge in [-0.05, 0) is 66.9 Å². The Balaban J connectivity index is 1.69. The van der Waals surface area contributed by atoms with E-state index in [-0.39, 0.29) is 35.4 Å². The first-order valence-corrected chi connectivity index (χ1v) is 10.5. The predicted molar refractivity (Wildman–Crippen MR) is 122 cm³/mol. The van der Waals surface area contributed by atoms with E-state index in [0.29, 0.717) is 23.6 Å². The summed E-state index contributed by atoms with van der Waals surface area (Å²) in [6.45, 7) is 4.08. The molecule has 32 heavy (non-hydrogen) atoms. The minimum absolute atomic E-state index is 0.154. The quantitative estimate of drug-likeness (QED) is 0.441. The van der Waals surface area contributed by atoms with Crippen LogP contribution in [0.15, 0.2) is 60.7 Å². The highest BCUT2D eigenvalue weighted by Crippen LogP contribution is 2.25. The molecule has 1 N–H and O–H groups in total. The second kappa shape index (κ2) is 10.8. The highest BCUT2D eigenvalue weighted by molar-refractivity contribution is 6.34. The van der Waals surface area contributed by atoms with Gasteiger partial charge in [-0.1, -0.05) is 35.9 Å². The van der Waals surface area contributed by atoms with Gasteiger partial charge in [0.05, 0.1) is 23.6 Å². The van der Waals surface area contributed by atoms with Crippen molar-refractivity contribution >= 4 is 29.2 Å². The van der Waals surface area contributed by atoms with Crippen molar-refractivity contribution in [1.82, 2.24) is 0 Å². The summed E-state index contributed by atoms with van der Waals surface area (Å²) in [5.74, 6) is -0.603. The van der Waals surface area contributed by atoms with Gasteiger partial charge in [-0.3, -0.25) is 9.59 Å². The van der Waals surface area contributed by atoms with E-state index in [4.69, 9.17) is 21.1 Å². The summed E-state index contributed by atoms with van der Waals surface area (Å²) in [6, 6.07) is 16.2. The van der Waals surface area contributed by atoms with Crippen LogP contribution in [0.2, 0.25) is 5.02 Å². The number of amides is 1. The maximum absolute atomic E-state index is 13.3. The fourth-order valence-corrected chi connectivity index (χ4v) is 3.31. The number of anilines is 1. The fourth-order valence-electron chi connectivity index (χ4n) is 3.11. The van der Waals surface area contributed by atoms with Crippen LogP contribution in [0.3, 0.4) is 0 Å². The van der Waals surface area contributed by atoms with Crippen LogP contribution in [-0.2, 0) is 22.6 Å². The summed E-state index contributed by atoms with van der Waals surface area (Å²) in [7, 11) is 0. The van der Waals surface area contributed by atoms with Crippen molar-refractivity contribution in [1.29, 1.82) is 0 Å². The van der Waals surface area contributed by atoms with E-state index in [0.717, 1.165) is 11.1 Å². The Morgan fingerprint density at radius 2 is 1.84 bits per heavy atom. The lowest BCUT2D eigenvalue weighted by molar-refractivity contribution is -0.142. The molecule has 0 atom stereocenters. The van der Waals surface area contributed by atoms with Gasteiger partial charge < -0.3 is 14.8 Å². The van der Waals surface area contributed by atoms with Crippen molar-refractivity contribution in [2.75, 3.05) is 11.9 Å². The van der Waals surface area contributed by atoms with Crippen LogP contribution in [0, 0.1) is 12.7 Å². The van der Waals surface area contributed by atoms with Gasteiger partial charge in [0.1, 0.15) is 18.2 Å². The van der Waals surface area contributed by atoms with Gasteiger partial charge in [0.15, 0.2) is 0 Å². The van der Waals surface area contributed by atoms with E-state index in [2.05, 4.69) is 5.32 Å². The third-order valence-corrected chi connectivity index (χ3v) is 5.00. The molecule has 3 rings (SSSR count). The fraction of sp³-hybridized carbons (Fsp3) is 0.200. The third-order valence-electron chi connectivity index (χ3n) is 4.67. The number of ether oxygens (including phenoxy) is 2. The highest BCUT2D eigenvalue weighted by Gasteiger charge is 2.14. The van der Waals surface area contributed by atoms with E-state index in [1.807, 2.05) is 13.0 Å². The van der Waals surface area contributed by atoms with Gasteiger partial charge in [0, 0.05) is 5.69 Å². The van der Waals surface area contributed by atoms with Crippen molar-refractivity contribution < 1.29 is 23.5 Å². The first-order valence-electron chi connectivity index (χ1n) is 10.1. The normalized spacial score (nSPS) is 10.5. The first kappa shape index (κ1) is 23.3. The van der Waals surface area contributed by atoms with Crippen LogP contribution in [0.4, 0.5) is 10.1 Å². The van der Waals surface area contributed by atoms with Crippen molar-refractivity contribution in [2.45, 2.75) is 26.9 Å². The molecule has 0 aliphatic heterocycles.